The molecule has 1 unspecified atom stereocenters. The number of ether oxygens (including phenoxy) is 1. The van der Waals surface area contributed by atoms with Gasteiger partial charge in [-0.2, -0.15) is 0 Å². The number of hydrogen-bond donors (Lipinski definition) is 2. The van der Waals surface area contributed by atoms with Crippen LogP contribution in [0.4, 0.5) is 21.8 Å². The first kappa shape index (κ1) is 24.8. The molecule has 1 aliphatic heterocycles. The lowest BCUT2D eigenvalue weighted by molar-refractivity contribution is -0.134. The van der Waals surface area contributed by atoms with Crippen LogP contribution in [0.1, 0.15) is 19.3 Å². The highest BCUT2D eigenvalue weighted by Gasteiger charge is 2.22. The number of halogens is 2. The van der Waals surface area contributed by atoms with E-state index in [-0.39, 0.29) is 17.0 Å². The van der Waals surface area contributed by atoms with Gasteiger partial charge < -0.3 is 20.3 Å². The number of esters is 1. The van der Waals surface area contributed by atoms with Crippen LogP contribution in [0.3, 0.4) is 0 Å². The normalized spacial score (nSPS) is 15.9. The van der Waals surface area contributed by atoms with Crippen molar-refractivity contribution in [3.63, 3.8) is 0 Å². The molecular formula is C26H25ClFN7O2. The van der Waals surface area contributed by atoms with Gasteiger partial charge in [0.1, 0.15) is 28.9 Å². The van der Waals surface area contributed by atoms with E-state index in [1.54, 1.807) is 24.4 Å². The average molecular weight is 522 g/mol. The highest BCUT2D eigenvalue weighted by molar-refractivity contribution is 6.31. The summed E-state index contributed by atoms with van der Waals surface area (Å²) in [7, 11) is 0. The van der Waals surface area contributed by atoms with E-state index in [0.29, 0.717) is 47.2 Å². The molecule has 190 valence electrons. The smallest absolute Gasteiger partial charge is 0.312 e. The number of para-hydroxylation sites is 1. The number of nitrogens with one attached hydrogen (secondary N) is 2. The van der Waals surface area contributed by atoms with E-state index in [1.807, 2.05) is 18.2 Å². The largest absolute Gasteiger partial charge is 0.426 e. The minimum atomic E-state index is -0.497. The fourth-order valence-electron chi connectivity index (χ4n) is 4.21. The van der Waals surface area contributed by atoms with Crippen LogP contribution in [-0.4, -0.2) is 56.5 Å². The number of rotatable bonds is 8. The van der Waals surface area contributed by atoms with E-state index in [4.69, 9.17) is 16.3 Å². The molecule has 9 nitrogen and oxygen atoms in total. The molecule has 0 amide bonds. The second-order valence-electron chi connectivity index (χ2n) is 8.72. The quantitative estimate of drug-likeness (QED) is 0.249. The fourth-order valence-corrected chi connectivity index (χ4v) is 4.39. The first-order chi connectivity index (χ1) is 18.0. The molecule has 1 atom stereocenters. The molecule has 2 aromatic carbocycles. The Morgan fingerprint density at radius 2 is 2.03 bits per heavy atom. The van der Waals surface area contributed by atoms with Crippen molar-refractivity contribution in [3.8, 4) is 5.75 Å². The molecule has 2 aromatic heterocycles. The van der Waals surface area contributed by atoms with Gasteiger partial charge in [-0.05, 0) is 49.7 Å². The van der Waals surface area contributed by atoms with Crippen molar-refractivity contribution >= 4 is 46.1 Å². The van der Waals surface area contributed by atoms with Gasteiger partial charge in [0.05, 0.1) is 17.6 Å². The lowest BCUT2D eigenvalue weighted by atomic mass is 10.1. The lowest BCUT2D eigenvalue weighted by Gasteiger charge is -2.32. The number of benzene rings is 2. The molecule has 0 aliphatic carbocycles. The van der Waals surface area contributed by atoms with Crippen molar-refractivity contribution in [2.24, 2.45) is 0 Å². The molecule has 1 aliphatic rings. The van der Waals surface area contributed by atoms with E-state index >= 15 is 0 Å². The van der Waals surface area contributed by atoms with Gasteiger partial charge in [0.15, 0.2) is 5.82 Å². The maximum Gasteiger partial charge on any atom is 0.312 e. The van der Waals surface area contributed by atoms with Gasteiger partial charge >= 0.3 is 5.97 Å². The van der Waals surface area contributed by atoms with Crippen LogP contribution in [0.5, 0.6) is 5.75 Å². The molecule has 2 N–H and O–H groups in total. The molecule has 0 radical (unpaired) electrons. The third-order valence-corrected chi connectivity index (χ3v) is 6.30. The van der Waals surface area contributed by atoms with Gasteiger partial charge in [-0.3, -0.25) is 4.79 Å². The van der Waals surface area contributed by atoms with E-state index in [1.165, 1.54) is 18.5 Å². The zero-order valence-electron chi connectivity index (χ0n) is 19.9. The molecular weight excluding hydrogens is 497 g/mol. The van der Waals surface area contributed by atoms with E-state index in [0.717, 1.165) is 25.9 Å². The summed E-state index contributed by atoms with van der Waals surface area (Å²) in [4.78, 5) is 32.1. The van der Waals surface area contributed by atoms with Gasteiger partial charge in [-0.1, -0.05) is 29.8 Å². The van der Waals surface area contributed by atoms with Crippen molar-refractivity contribution in [1.29, 1.82) is 0 Å². The summed E-state index contributed by atoms with van der Waals surface area (Å²) in [5.74, 6) is 0.724. The second-order valence-corrected chi connectivity index (χ2v) is 9.13. The van der Waals surface area contributed by atoms with Crippen LogP contribution in [0.2, 0.25) is 5.02 Å². The summed E-state index contributed by atoms with van der Waals surface area (Å²) in [5.41, 5.74) is 1.67. The highest BCUT2D eigenvalue weighted by Crippen LogP contribution is 2.25. The lowest BCUT2D eigenvalue weighted by Crippen LogP contribution is -2.43. The Labute approximate surface area is 218 Å². The Balaban J connectivity index is 1.21. The number of fused-ring (bicyclic) bond motifs is 1. The molecule has 4 aromatic rings. The maximum absolute atomic E-state index is 13.5. The highest BCUT2D eigenvalue weighted by atomic mass is 35.5. The first-order valence-electron chi connectivity index (χ1n) is 12.0. The molecule has 37 heavy (non-hydrogen) atoms. The van der Waals surface area contributed by atoms with Crippen LogP contribution in [0.25, 0.3) is 11.0 Å². The zero-order valence-corrected chi connectivity index (χ0v) is 20.7. The summed E-state index contributed by atoms with van der Waals surface area (Å²) in [6, 6.07) is 13.5. The van der Waals surface area contributed by atoms with Gasteiger partial charge in [0, 0.05) is 24.8 Å². The standard InChI is InChI=1S/C26H25ClFN7O2/c27-20-13-17(8-9-21(20)28)32-25-24-22(30-16-31-25)14-29-26(34-24)33-18-5-4-11-35(15-18)12-10-23(36)37-19-6-2-1-3-7-19/h1-3,6-9,13-14,16,18H,4-5,10-12,15H2,(H,29,33,34)(H,30,31,32). The van der Waals surface area contributed by atoms with Crippen LogP contribution < -0.4 is 15.4 Å². The SMILES string of the molecule is O=C(CCN1CCCC(Nc2ncc3ncnc(Nc4ccc(F)c(Cl)c4)c3n2)C1)Oc1ccccc1. The van der Waals surface area contributed by atoms with Crippen LogP contribution >= 0.6 is 11.6 Å². The summed E-state index contributed by atoms with van der Waals surface area (Å²) in [6.45, 7) is 2.28. The predicted molar refractivity (Wildman–Crippen MR) is 140 cm³/mol. The minimum absolute atomic E-state index is 0.00974. The molecule has 1 saturated heterocycles. The number of carbonyl (C=O) groups is 1. The molecule has 0 bridgehead atoms. The summed E-state index contributed by atoms with van der Waals surface area (Å²) in [5, 5.41) is 6.54. The molecule has 11 heteroatoms. The number of anilines is 3. The number of carbonyl (C=O) groups excluding carboxylic acids is 1. The zero-order chi connectivity index (χ0) is 25.6. The Bertz CT molecular complexity index is 1390. The fraction of sp³-hybridized carbons (Fsp3) is 0.269. The summed E-state index contributed by atoms with van der Waals surface area (Å²) in [6.07, 6.45) is 5.30. The van der Waals surface area contributed by atoms with Gasteiger partial charge in [0.2, 0.25) is 5.95 Å². The van der Waals surface area contributed by atoms with E-state index in [9.17, 15) is 9.18 Å². The summed E-state index contributed by atoms with van der Waals surface area (Å²) >= 11 is 5.91. The molecule has 3 heterocycles. The average Bonchev–Trinajstić information content (AvgIpc) is 2.91. The van der Waals surface area contributed by atoms with Gasteiger partial charge in [-0.15, -0.1) is 0 Å². The Kier molecular flexibility index (Phi) is 7.67. The Hall–Kier alpha value is -3.89. The summed E-state index contributed by atoms with van der Waals surface area (Å²) < 4.78 is 18.9. The van der Waals surface area contributed by atoms with Crippen molar-refractivity contribution in [3.05, 3.63) is 71.9 Å². The maximum atomic E-state index is 13.5. The van der Waals surface area contributed by atoms with Crippen LogP contribution in [-0.2, 0) is 4.79 Å². The van der Waals surface area contributed by atoms with Crippen molar-refractivity contribution < 1.29 is 13.9 Å². The number of likely N-dealkylation sites (tertiary alicyclic amines) is 1. The topological polar surface area (TPSA) is 105 Å². The third kappa shape index (κ3) is 6.46. The van der Waals surface area contributed by atoms with Crippen molar-refractivity contribution in [2.45, 2.75) is 25.3 Å². The number of piperidine rings is 1. The second kappa shape index (κ2) is 11.4. The Morgan fingerprint density at radius 3 is 2.86 bits per heavy atom. The molecule has 1 fully saturated rings. The van der Waals surface area contributed by atoms with Gasteiger partial charge in [-0.25, -0.2) is 24.3 Å². The number of nitrogens with zero attached hydrogens (tertiary/aromatic N) is 5. The van der Waals surface area contributed by atoms with Crippen molar-refractivity contribution in [1.82, 2.24) is 24.8 Å². The molecule has 5 rings (SSSR count). The predicted octanol–water partition coefficient (Wildman–Crippen LogP) is 4.83. The first-order valence-corrected chi connectivity index (χ1v) is 12.4. The van der Waals surface area contributed by atoms with E-state index < -0.39 is 5.82 Å². The number of aromatic nitrogens is 4. The van der Waals surface area contributed by atoms with Crippen LogP contribution in [0, 0.1) is 5.82 Å². The Morgan fingerprint density at radius 1 is 1.16 bits per heavy atom. The monoisotopic (exact) mass is 521 g/mol. The van der Waals surface area contributed by atoms with Crippen molar-refractivity contribution in [2.75, 3.05) is 30.3 Å². The number of hydrogen-bond acceptors (Lipinski definition) is 9. The van der Waals surface area contributed by atoms with Gasteiger partial charge in [0.25, 0.3) is 0 Å². The minimum Gasteiger partial charge on any atom is -0.426 e. The molecule has 0 saturated carbocycles. The third-order valence-electron chi connectivity index (χ3n) is 6.01. The molecule has 0 spiro atoms. The van der Waals surface area contributed by atoms with E-state index in [2.05, 4.69) is 35.5 Å². The van der Waals surface area contributed by atoms with Crippen LogP contribution in [0.15, 0.2) is 61.1 Å².